The molecule has 0 aromatic carbocycles. The van der Waals surface area contributed by atoms with Gasteiger partial charge in [0.15, 0.2) is 0 Å². The molecule has 4 nitrogen and oxygen atoms in total. The molecule has 1 aromatic heterocycles. The second-order valence-electron chi connectivity index (χ2n) is 7.83. The lowest BCUT2D eigenvalue weighted by Gasteiger charge is -2.45. The maximum atomic E-state index is 13.0. The Kier molecular flexibility index (Phi) is 4.71. The van der Waals surface area contributed by atoms with Crippen LogP contribution in [0.25, 0.3) is 0 Å². The zero-order valence-corrected chi connectivity index (χ0v) is 14.5. The molecule has 0 radical (unpaired) electrons. The first-order valence-corrected chi connectivity index (χ1v) is 8.30. The summed E-state index contributed by atoms with van der Waals surface area (Å²) in [7, 11) is 0. The van der Waals surface area contributed by atoms with Crippen LogP contribution in [0.5, 0.6) is 0 Å². The Morgan fingerprint density at radius 3 is 2.50 bits per heavy atom. The minimum atomic E-state index is -0.668. The van der Waals surface area contributed by atoms with E-state index in [9.17, 15) is 9.90 Å². The van der Waals surface area contributed by atoms with E-state index >= 15 is 0 Å². The van der Waals surface area contributed by atoms with Gasteiger partial charge in [-0.15, -0.1) is 0 Å². The van der Waals surface area contributed by atoms with Crippen molar-refractivity contribution < 1.29 is 9.90 Å². The van der Waals surface area contributed by atoms with E-state index in [1.807, 2.05) is 54.8 Å². The highest BCUT2D eigenvalue weighted by molar-refractivity contribution is 5.84. The van der Waals surface area contributed by atoms with Gasteiger partial charge in [-0.25, -0.2) is 0 Å². The predicted molar refractivity (Wildman–Crippen MR) is 88.5 cm³/mol. The fourth-order valence-corrected chi connectivity index (χ4v) is 3.41. The molecule has 0 aliphatic carbocycles. The summed E-state index contributed by atoms with van der Waals surface area (Å²) in [5.41, 5.74) is -1.26. The summed E-state index contributed by atoms with van der Waals surface area (Å²) >= 11 is 0. The van der Waals surface area contributed by atoms with E-state index in [2.05, 4.69) is 13.8 Å². The lowest BCUT2D eigenvalue weighted by Crippen LogP contribution is -2.56. The fraction of sp³-hybridized carbons (Fsp3) is 0.722. The van der Waals surface area contributed by atoms with E-state index in [0.29, 0.717) is 25.4 Å². The number of nitrogens with zero attached hydrogens (tertiary/aromatic N) is 2. The van der Waals surface area contributed by atoms with Crippen molar-refractivity contribution in [2.75, 3.05) is 13.1 Å². The van der Waals surface area contributed by atoms with Crippen LogP contribution in [-0.2, 0) is 10.3 Å². The lowest BCUT2D eigenvalue weighted by molar-refractivity contribution is -0.147. The van der Waals surface area contributed by atoms with Crippen molar-refractivity contribution in [3.05, 3.63) is 24.5 Å². The maximum Gasteiger partial charge on any atom is 0.248 e. The minimum Gasteiger partial charge on any atom is -0.390 e. The second-order valence-corrected chi connectivity index (χ2v) is 7.83. The number of amides is 1. The quantitative estimate of drug-likeness (QED) is 0.929. The average Bonchev–Trinajstić information content (AvgIpc) is 2.94. The van der Waals surface area contributed by atoms with E-state index < -0.39 is 11.1 Å². The molecule has 1 saturated heterocycles. The average molecular weight is 306 g/mol. The van der Waals surface area contributed by atoms with E-state index in [4.69, 9.17) is 0 Å². The summed E-state index contributed by atoms with van der Waals surface area (Å²) in [4.78, 5) is 14.9. The number of piperidine rings is 1. The Morgan fingerprint density at radius 2 is 1.95 bits per heavy atom. The van der Waals surface area contributed by atoms with Gasteiger partial charge in [0, 0.05) is 31.4 Å². The standard InChI is InChI=1S/C18H30N2O2/c1-14(2)12-15-13-19(11-8-18(15,5)22)16(21)17(3,4)20-9-6-7-10-20/h6-7,9-10,14-15,22H,8,11-13H2,1-5H3/t15-,18+/m1/s1. The third-order valence-electron chi connectivity index (χ3n) is 5.02. The first-order valence-electron chi connectivity index (χ1n) is 8.30. The van der Waals surface area contributed by atoms with Gasteiger partial charge in [0.25, 0.3) is 0 Å². The second kappa shape index (κ2) is 6.07. The molecule has 1 aliphatic heterocycles. The molecule has 22 heavy (non-hydrogen) atoms. The summed E-state index contributed by atoms with van der Waals surface area (Å²) in [5.74, 6) is 0.794. The van der Waals surface area contributed by atoms with Crippen LogP contribution in [0.1, 0.15) is 47.5 Å². The van der Waals surface area contributed by atoms with Gasteiger partial charge in [-0.3, -0.25) is 4.79 Å². The minimum absolute atomic E-state index is 0.132. The van der Waals surface area contributed by atoms with Gasteiger partial charge in [-0.2, -0.15) is 0 Å². The molecule has 2 atom stereocenters. The molecular weight excluding hydrogens is 276 g/mol. The Morgan fingerprint density at radius 1 is 1.36 bits per heavy atom. The van der Waals surface area contributed by atoms with Crippen molar-refractivity contribution in [3.8, 4) is 0 Å². The summed E-state index contributed by atoms with van der Waals surface area (Å²) in [6.45, 7) is 11.4. The predicted octanol–water partition coefficient (Wildman–Crippen LogP) is 2.87. The lowest BCUT2D eigenvalue weighted by atomic mass is 9.77. The largest absolute Gasteiger partial charge is 0.390 e. The molecule has 0 unspecified atom stereocenters. The SMILES string of the molecule is CC(C)C[C@@H]1CN(C(=O)C(C)(C)n2cccc2)CC[C@]1(C)O. The van der Waals surface area contributed by atoms with Gasteiger partial charge < -0.3 is 14.6 Å². The molecule has 1 aliphatic rings. The summed E-state index contributed by atoms with van der Waals surface area (Å²) in [6, 6.07) is 3.88. The summed E-state index contributed by atoms with van der Waals surface area (Å²) in [5, 5.41) is 10.6. The Hall–Kier alpha value is -1.29. The zero-order chi connectivity index (χ0) is 16.5. The van der Waals surface area contributed by atoms with Crippen LogP contribution < -0.4 is 0 Å². The number of rotatable bonds is 4. The van der Waals surface area contributed by atoms with Gasteiger partial charge in [0.05, 0.1) is 5.60 Å². The molecule has 4 heteroatoms. The highest BCUT2D eigenvalue weighted by atomic mass is 16.3. The molecule has 1 N–H and O–H groups in total. The summed E-state index contributed by atoms with van der Waals surface area (Å²) in [6.07, 6.45) is 5.46. The molecule has 2 heterocycles. The number of hydrogen-bond acceptors (Lipinski definition) is 2. The number of aliphatic hydroxyl groups is 1. The van der Waals surface area contributed by atoms with Crippen LogP contribution in [-0.4, -0.2) is 39.2 Å². The number of aromatic nitrogens is 1. The van der Waals surface area contributed by atoms with E-state index in [1.165, 1.54) is 0 Å². The van der Waals surface area contributed by atoms with Crippen molar-refractivity contribution in [1.29, 1.82) is 0 Å². The van der Waals surface area contributed by atoms with Gasteiger partial charge in [0.1, 0.15) is 5.54 Å². The molecule has 124 valence electrons. The Bertz CT molecular complexity index is 503. The molecule has 0 saturated carbocycles. The smallest absolute Gasteiger partial charge is 0.248 e. The molecule has 1 amide bonds. The number of carbonyl (C=O) groups excluding carboxylic acids is 1. The van der Waals surface area contributed by atoms with Gasteiger partial charge >= 0.3 is 0 Å². The van der Waals surface area contributed by atoms with E-state index in [1.54, 1.807) is 0 Å². The zero-order valence-electron chi connectivity index (χ0n) is 14.5. The van der Waals surface area contributed by atoms with Crippen molar-refractivity contribution >= 4 is 5.91 Å². The van der Waals surface area contributed by atoms with E-state index in [-0.39, 0.29) is 11.8 Å². The maximum absolute atomic E-state index is 13.0. The van der Waals surface area contributed by atoms with Gasteiger partial charge in [-0.05, 0) is 51.7 Å². The molecular formula is C18H30N2O2. The van der Waals surface area contributed by atoms with Crippen LogP contribution in [0.3, 0.4) is 0 Å². The third kappa shape index (κ3) is 3.37. The highest BCUT2D eigenvalue weighted by Crippen LogP contribution is 2.34. The molecule has 1 aromatic rings. The third-order valence-corrected chi connectivity index (χ3v) is 5.02. The van der Waals surface area contributed by atoms with Crippen LogP contribution in [0.2, 0.25) is 0 Å². The van der Waals surface area contributed by atoms with Gasteiger partial charge in [-0.1, -0.05) is 13.8 Å². The summed E-state index contributed by atoms with van der Waals surface area (Å²) < 4.78 is 1.96. The topological polar surface area (TPSA) is 45.5 Å². The van der Waals surface area contributed by atoms with Gasteiger partial charge in [0.2, 0.25) is 5.91 Å². The van der Waals surface area contributed by atoms with Crippen LogP contribution in [0, 0.1) is 11.8 Å². The molecule has 2 rings (SSSR count). The van der Waals surface area contributed by atoms with Crippen LogP contribution in [0.4, 0.5) is 0 Å². The van der Waals surface area contributed by atoms with E-state index in [0.717, 1.165) is 6.42 Å². The number of carbonyl (C=O) groups is 1. The van der Waals surface area contributed by atoms with Crippen LogP contribution >= 0.6 is 0 Å². The monoisotopic (exact) mass is 306 g/mol. The molecule has 0 spiro atoms. The Balaban J connectivity index is 2.14. The molecule has 1 fully saturated rings. The Labute approximate surface area is 134 Å². The first kappa shape index (κ1) is 17.1. The van der Waals surface area contributed by atoms with Crippen LogP contribution in [0.15, 0.2) is 24.5 Å². The van der Waals surface area contributed by atoms with Crippen molar-refractivity contribution in [2.45, 2.75) is 58.6 Å². The van der Waals surface area contributed by atoms with Crippen molar-refractivity contribution in [3.63, 3.8) is 0 Å². The first-order chi connectivity index (χ1) is 10.1. The van der Waals surface area contributed by atoms with Crippen molar-refractivity contribution in [2.24, 2.45) is 11.8 Å². The normalized spacial score (nSPS) is 26.5. The highest BCUT2D eigenvalue weighted by Gasteiger charge is 2.42. The number of likely N-dealkylation sites (tertiary alicyclic amines) is 1. The van der Waals surface area contributed by atoms with Crippen molar-refractivity contribution in [1.82, 2.24) is 9.47 Å². The molecule has 0 bridgehead atoms. The number of hydrogen-bond donors (Lipinski definition) is 1. The fourth-order valence-electron chi connectivity index (χ4n) is 3.41.